The average molecular weight is 437 g/mol. The van der Waals surface area contributed by atoms with E-state index in [0.717, 1.165) is 0 Å². The maximum atomic E-state index is 14.0. The Hall–Kier alpha value is -4.21. The number of ether oxygens (including phenoxy) is 1. The second kappa shape index (κ2) is 8.50. The number of urea groups is 1. The van der Waals surface area contributed by atoms with Gasteiger partial charge < -0.3 is 15.4 Å². The SMILES string of the molecule is CCOC(=O)[C@H](C)NC(=O)Nc1ccc(-n2[nH]c3c(cnc4c(F)cccc43)c2=O)cc1. The third-order valence-corrected chi connectivity index (χ3v) is 4.88. The molecule has 0 radical (unpaired) electrons. The highest BCUT2D eigenvalue weighted by molar-refractivity contribution is 6.02. The normalized spacial score (nSPS) is 12.0. The topological polar surface area (TPSA) is 118 Å². The van der Waals surface area contributed by atoms with Crippen LogP contribution in [0.4, 0.5) is 14.9 Å². The number of nitrogens with one attached hydrogen (secondary N) is 3. The number of rotatable bonds is 5. The van der Waals surface area contributed by atoms with Crippen LogP contribution in [-0.2, 0) is 9.53 Å². The van der Waals surface area contributed by atoms with Crippen molar-refractivity contribution in [3.63, 3.8) is 0 Å². The number of fused-ring (bicyclic) bond motifs is 3. The highest BCUT2D eigenvalue weighted by Crippen LogP contribution is 2.23. The number of anilines is 1. The van der Waals surface area contributed by atoms with Crippen LogP contribution >= 0.6 is 0 Å². The molecule has 0 aliphatic rings. The monoisotopic (exact) mass is 437 g/mol. The molecule has 2 aromatic heterocycles. The average Bonchev–Trinajstić information content (AvgIpc) is 3.11. The van der Waals surface area contributed by atoms with E-state index in [1.54, 1.807) is 43.3 Å². The van der Waals surface area contributed by atoms with E-state index in [2.05, 4.69) is 20.7 Å². The molecule has 2 amide bonds. The van der Waals surface area contributed by atoms with Crippen LogP contribution in [-0.4, -0.2) is 39.4 Å². The fourth-order valence-corrected chi connectivity index (χ4v) is 3.32. The first kappa shape index (κ1) is 21.0. The first-order chi connectivity index (χ1) is 15.4. The maximum Gasteiger partial charge on any atom is 0.328 e. The number of aromatic nitrogens is 3. The van der Waals surface area contributed by atoms with E-state index in [9.17, 15) is 18.8 Å². The molecule has 0 aliphatic heterocycles. The van der Waals surface area contributed by atoms with E-state index in [1.807, 2.05) is 0 Å². The molecule has 0 saturated heterocycles. The van der Waals surface area contributed by atoms with E-state index >= 15 is 0 Å². The number of para-hydroxylation sites is 1. The number of esters is 1. The van der Waals surface area contributed by atoms with Gasteiger partial charge in [0, 0.05) is 17.3 Å². The van der Waals surface area contributed by atoms with Gasteiger partial charge in [0.2, 0.25) is 0 Å². The Balaban J connectivity index is 1.57. The molecular weight excluding hydrogens is 417 g/mol. The van der Waals surface area contributed by atoms with Crippen LogP contribution in [0.5, 0.6) is 0 Å². The molecule has 0 saturated carbocycles. The molecule has 0 fully saturated rings. The minimum absolute atomic E-state index is 0.177. The van der Waals surface area contributed by atoms with E-state index < -0.39 is 23.9 Å². The summed E-state index contributed by atoms with van der Waals surface area (Å²) in [4.78, 5) is 40.6. The molecule has 164 valence electrons. The van der Waals surface area contributed by atoms with E-state index in [0.29, 0.717) is 27.7 Å². The Bertz CT molecular complexity index is 1380. The van der Waals surface area contributed by atoms with Crippen molar-refractivity contribution in [3.05, 3.63) is 64.8 Å². The summed E-state index contributed by atoms with van der Waals surface area (Å²) in [5.74, 6) is -0.998. The first-order valence-corrected chi connectivity index (χ1v) is 9.91. The van der Waals surface area contributed by atoms with Crippen molar-refractivity contribution in [2.24, 2.45) is 0 Å². The van der Waals surface area contributed by atoms with Gasteiger partial charge in [-0.2, -0.15) is 0 Å². The van der Waals surface area contributed by atoms with Crippen molar-refractivity contribution < 1.29 is 18.7 Å². The lowest BCUT2D eigenvalue weighted by atomic mass is 10.1. The van der Waals surface area contributed by atoms with Crippen LogP contribution in [0.15, 0.2) is 53.5 Å². The molecule has 2 heterocycles. The van der Waals surface area contributed by atoms with E-state index in [4.69, 9.17) is 4.74 Å². The third-order valence-electron chi connectivity index (χ3n) is 4.88. The predicted molar refractivity (Wildman–Crippen MR) is 117 cm³/mol. The van der Waals surface area contributed by atoms with Gasteiger partial charge in [-0.15, -0.1) is 0 Å². The van der Waals surface area contributed by atoms with Crippen molar-refractivity contribution in [2.45, 2.75) is 19.9 Å². The highest BCUT2D eigenvalue weighted by Gasteiger charge is 2.17. The van der Waals surface area contributed by atoms with Crippen molar-refractivity contribution in [1.29, 1.82) is 0 Å². The number of carbonyl (C=O) groups excluding carboxylic acids is 2. The Morgan fingerprint density at radius 3 is 2.66 bits per heavy atom. The van der Waals surface area contributed by atoms with Gasteiger partial charge in [0.25, 0.3) is 5.56 Å². The molecule has 3 N–H and O–H groups in total. The lowest BCUT2D eigenvalue weighted by Gasteiger charge is -2.13. The minimum Gasteiger partial charge on any atom is -0.464 e. The van der Waals surface area contributed by atoms with E-state index in [1.165, 1.54) is 23.9 Å². The van der Waals surface area contributed by atoms with Crippen LogP contribution in [0.1, 0.15) is 13.8 Å². The highest BCUT2D eigenvalue weighted by atomic mass is 19.1. The number of hydrogen-bond acceptors (Lipinski definition) is 5. The molecule has 0 bridgehead atoms. The number of benzene rings is 2. The van der Waals surface area contributed by atoms with Crippen LogP contribution in [0.2, 0.25) is 0 Å². The first-order valence-electron chi connectivity index (χ1n) is 9.91. The molecule has 4 aromatic rings. The summed E-state index contributed by atoms with van der Waals surface area (Å²) in [6, 6.07) is 9.68. The summed E-state index contributed by atoms with van der Waals surface area (Å²) < 4.78 is 20.2. The zero-order valence-electron chi connectivity index (χ0n) is 17.3. The number of hydrogen-bond donors (Lipinski definition) is 3. The van der Waals surface area contributed by atoms with Gasteiger partial charge in [0.05, 0.1) is 23.2 Å². The second-order valence-corrected chi connectivity index (χ2v) is 7.05. The van der Waals surface area contributed by atoms with Gasteiger partial charge >= 0.3 is 12.0 Å². The Kier molecular flexibility index (Phi) is 5.59. The molecule has 0 aliphatic carbocycles. The summed E-state index contributed by atoms with van der Waals surface area (Å²) >= 11 is 0. The van der Waals surface area contributed by atoms with Crippen molar-refractivity contribution >= 4 is 39.5 Å². The predicted octanol–water partition coefficient (Wildman–Crippen LogP) is 3.08. The molecule has 10 heteroatoms. The molecule has 32 heavy (non-hydrogen) atoms. The molecular formula is C22H20FN5O4. The fourth-order valence-electron chi connectivity index (χ4n) is 3.32. The molecule has 0 spiro atoms. The summed E-state index contributed by atoms with van der Waals surface area (Å²) in [7, 11) is 0. The van der Waals surface area contributed by atoms with Crippen molar-refractivity contribution in [3.8, 4) is 5.69 Å². The molecule has 0 unspecified atom stereocenters. The molecule has 4 rings (SSSR count). The van der Waals surface area contributed by atoms with Gasteiger partial charge in [0.15, 0.2) is 0 Å². The largest absolute Gasteiger partial charge is 0.464 e. The fraction of sp³-hybridized carbons (Fsp3) is 0.182. The number of nitrogens with zero attached hydrogens (tertiary/aromatic N) is 2. The van der Waals surface area contributed by atoms with Gasteiger partial charge in [-0.05, 0) is 44.2 Å². The summed E-state index contributed by atoms with van der Waals surface area (Å²) in [6.45, 7) is 3.43. The summed E-state index contributed by atoms with van der Waals surface area (Å²) in [5.41, 5.74) is 1.30. The van der Waals surface area contributed by atoms with Gasteiger partial charge in [0.1, 0.15) is 17.4 Å². The quantitative estimate of drug-likeness (QED) is 0.415. The lowest BCUT2D eigenvalue weighted by Crippen LogP contribution is -2.41. The van der Waals surface area contributed by atoms with Crippen molar-refractivity contribution in [1.82, 2.24) is 20.1 Å². The van der Waals surface area contributed by atoms with Crippen LogP contribution in [0, 0.1) is 5.82 Å². The number of aromatic amines is 1. The molecule has 1 atom stereocenters. The van der Waals surface area contributed by atoms with Gasteiger partial charge in [-0.3, -0.25) is 14.9 Å². The van der Waals surface area contributed by atoms with E-state index in [-0.39, 0.29) is 17.7 Å². The third kappa shape index (κ3) is 3.89. The molecule has 9 nitrogen and oxygen atoms in total. The summed E-state index contributed by atoms with van der Waals surface area (Å²) in [6.07, 6.45) is 1.35. The van der Waals surface area contributed by atoms with Crippen LogP contribution in [0.3, 0.4) is 0 Å². The number of amides is 2. The number of halogens is 1. The Labute approximate surface area is 181 Å². The Morgan fingerprint density at radius 2 is 1.94 bits per heavy atom. The van der Waals surface area contributed by atoms with Crippen LogP contribution < -0.4 is 16.2 Å². The van der Waals surface area contributed by atoms with Crippen LogP contribution in [0.25, 0.3) is 27.5 Å². The second-order valence-electron chi connectivity index (χ2n) is 7.05. The standard InChI is InChI=1S/C22H20FN5O4/c1-3-32-21(30)12(2)25-22(31)26-13-7-9-14(10-8-13)28-20(29)16-11-24-19-15(18(16)27-28)5-4-6-17(19)23/h4-12,27H,3H2,1-2H3,(H2,25,26,31)/t12-/m0/s1. The lowest BCUT2D eigenvalue weighted by molar-refractivity contribution is -0.144. The zero-order chi connectivity index (χ0) is 22.8. The Morgan fingerprint density at radius 1 is 1.19 bits per heavy atom. The van der Waals surface area contributed by atoms with Gasteiger partial charge in [-0.25, -0.2) is 18.7 Å². The van der Waals surface area contributed by atoms with Crippen molar-refractivity contribution in [2.75, 3.05) is 11.9 Å². The number of carbonyl (C=O) groups is 2. The number of H-pyrrole nitrogens is 1. The zero-order valence-corrected chi connectivity index (χ0v) is 17.3. The summed E-state index contributed by atoms with van der Waals surface area (Å²) in [5, 5.41) is 8.94. The minimum atomic E-state index is -0.799. The maximum absolute atomic E-state index is 14.0. The molecule has 2 aromatic carbocycles. The smallest absolute Gasteiger partial charge is 0.328 e. The number of pyridine rings is 1. The van der Waals surface area contributed by atoms with Gasteiger partial charge in [-0.1, -0.05) is 12.1 Å².